The average molecular weight is 458 g/mol. The maximum Gasteiger partial charge on any atom is 0.267 e. The molecule has 2 aromatic rings. The summed E-state index contributed by atoms with van der Waals surface area (Å²) >= 11 is 6.56. The van der Waals surface area contributed by atoms with E-state index in [1.165, 1.54) is 16.2 Å². The van der Waals surface area contributed by atoms with E-state index in [4.69, 9.17) is 22.9 Å². The van der Waals surface area contributed by atoms with Crippen LogP contribution in [0, 0.1) is 5.92 Å². The molecule has 0 saturated carbocycles. The largest absolute Gasteiger partial charge is 0.369 e. The van der Waals surface area contributed by atoms with Crippen LogP contribution in [0.4, 0.5) is 5.82 Å². The van der Waals surface area contributed by atoms with E-state index < -0.39 is 0 Å². The van der Waals surface area contributed by atoms with Gasteiger partial charge in [-0.15, -0.1) is 0 Å². The lowest BCUT2D eigenvalue weighted by Crippen LogP contribution is -2.40. The smallest absolute Gasteiger partial charge is 0.267 e. The van der Waals surface area contributed by atoms with Gasteiger partial charge in [-0.25, -0.2) is 4.98 Å². The predicted molar refractivity (Wildman–Crippen MR) is 126 cm³/mol. The molecule has 8 nitrogen and oxygen atoms in total. The molecular formula is C21H23N5O3S2. The molecule has 0 atom stereocenters. The Morgan fingerprint density at radius 2 is 2.00 bits per heavy atom. The zero-order valence-electron chi connectivity index (χ0n) is 17.3. The van der Waals surface area contributed by atoms with Gasteiger partial charge in [0.1, 0.15) is 15.8 Å². The monoisotopic (exact) mass is 457 g/mol. The fraction of sp³-hybridized carbons (Fsp3) is 0.381. The summed E-state index contributed by atoms with van der Waals surface area (Å²) in [6.45, 7) is 4.90. The van der Waals surface area contributed by atoms with Crippen LogP contribution in [0.2, 0.25) is 0 Å². The summed E-state index contributed by atoms with van der Waals surface area (Å²) in [5.74, 6) is -0.179. The highest BCUT2D eigenvalue weighted by molar-refractivity contribution is 8.26. The third-order valence-electron chi connectivity index (χ3n) is 5.56. The zero-order valence-corrected chi connectivity index (χ0v) is 18.9. The van der Waals surface area contributed by atoms with Crippen LogP contribution >= 0.6 is 24.0 Å². The van der Waals surface area contributed by atoms with Crippen LogP contribution in [-0.4, -0.2) is 49.6 Å². The van der Waals surface area contributed by atoms with Gasteiger partial charge in [0, 0.05) is 31.2 Å². The maximum atomic E-state index is 13.4. The number of hydrogen-bond acceptors (Lipinski definition) is 7. The summed E-state index contributed by atoms with van der Waals surface area (Å²) in [6, 6.07) is 5.28. The molecule has 0 aromatic carbocycles. The van der Waals surface area contributed by atoms with E-state index >= 15 is 0 Å². The van der Waals surface area contributed by atoms with Crippen LogP contribution in [0.15, 0.2) is 34.1 Å². The number of anilines is 1. The van der Waals surface area contributed by atoms with Crippen molar-refractivity contribution in [2.24, 2.45) is 11.7 Å². The molecule has 0 bridgehead atoms. The number of primary amides is 1. The Morgan fingerprint density at radius 3 is 2.61 bits per heavy atom. The van der Waals surface area contributed by atoms with Crippen molar-refractivity contribution in [3.63, 3.8) is 0 Å². The minimum absolute atomic E-state index is 0.0680. The van der Waals surface area contributed by atoms with Crippen molar-refractivity contribution in [1.82, 2.24) is 14.3 Å². The van der Waals surface area contributed by atoms with E-state index in [1.807, 2.05) is 24.8 Å². The minimum atomic E-state index is -0.302. The van der Waals surface area contributed by atoms with Gasteiger partial charge in [0.2, 0.25) is 5.91 Å². The molecule has 2 aliphatic heterocycles. The van der Waals surface area contributed by atoms with E-state index in [0.717, 1.165) is 0 Å². The second-order valence-electron chi connectivity index (χ2n) is 7.89. The number of carbonyl (C=O) groups excluding carboxylic acids is 2. The number of pyridine rings is 1. The second-order valence-corrected chi connectivity index (χ2v) is 9.57. The summed E-state index contributed by atoms with van der Waals surface area (Å²) in [4.78, 5) is 46.5. The number of thiocarbonyl (C=S) groups is 1. The predicted octanol–water partition coefficient (Wildman–Crippen LogP) is 2.01. The number of amides is 2. The molecule has 0 spiro atoms. The number of nitrogens with two attached hydrogens (primary N) is 1. The summed E-state index contributed by atoms with van der Waals surface area (Å²) in [5.41, 5.74) is 6.06. The van der Waals surface area contributed by atoms with E-state index in [2.05, 4.69) is 0 Å². The molecule has 0 unspecified atom stereocenters. The van der Waals surface area contributed by atoms with Gasteiger partial charge in [-0.2, -0.15) is 0 Å². The molecule has 2 fully saturated rings. The van der Waals surface area contributed by atoms with Crippen molar-refractivity contribution in [2.45, 2.75) is 32.7 Å². The topological polar surface area (TPSA) is 101 Å². The number of hydrogen-bond donors (Lipinski definition) is 1. The molecule has 162 valence electrons. The number of piperidine rings is 1. The molecule has 0 radical (unpaired) electrons. The van der Waals surface area contributed by atoms with Crippen molar-refractivity contribution in [2.75, 3.05) is 18.0 Å². The molecule has 2 saturated heterocycles. The highest BCUT2D eigenvalue weighted by Crippen LogP contribution is 2.35. The third-order valence-corrected chi connectivity index (χ3v) is 6.89. The molecule has 10 heteroatoms. The first-order chi connectivity index (χ1) is 14.8. The highest BCUT2D eigenvalue weighted by atomic mass is 32.2. The third kappa shape index (κ3) is 3.97. The lowest BCUT2D eigenvalue weighted by Gasteiger charge is -2.32. The first-order valence-corrected chi connectivity index (χ1v) is 11.3. The standard InChI is InChI=1S/C21H23N5O3S2/c1-12(2)26-20(29)15(31-21(26)30)11-14-18(24-9-6-13(7-10-24)17(22)27)23-16-5-3-4-8-25(16)19(14)28/h3-5,8,11-13H,6-7,9-10H2,1-2H3,(H2,22,27)/b15-11+. The number of thioether (sulfide) groups is 1. The minimum Gasteiger partial charge on any atom is -0.369 e. The van der Waals surface area contributed by atoms with E-state index in [0.29, 0.717) is 52.2 Å². The van der Waals surface area contributed by atoms with Crippen LogP contribution in [-0.2, 0) is 9.59 Å². The number of rotatable bonds is 4. The fourth-order valence-electron chi connectivity index (χ4n) is 3.89. The van der Waals surface area contributed by atoms with Gasteiger partial charge in [-0.3, -0.25) is 23.7 Å². The molecule has 2 amide bonds. The summed E-state index contributed by atoms with van der Waals surface area (Å²) in [7, 11) is 0. The Hall–Kier alpha value is -2.72. The van der Waals surface area contributed by atoms with E-state index in [9.17, 15) is 14.4 Å². The molecule has 0 aliphatic carbocycles. The Bertz CT molecular complexity index is 1170. The van der Waals surface area contributed by atoms with Gasteiger partial charge in [0.05, 0.1) is 10.5 Å². The van der Waals surface area contributed by atoms with Gasteiger partial charge in [-0.05, 0) is 44.9 Å². The number of nitrogens with zero attached hydrogens (tertiary/aromatic N) is 4. The Labute approximate surface area is 189 Å². The lowest BCUT2D eigenvalue weighted by atomic mass is 9.96. The second kappa shape index (κ2) is 8.43. The van der Waals surface area contributed by atoms with Gasteiger partial charge in [0.15, 0.2) is 0 Å². The van der Waals surface area contributed by atoms with Crippen molar-refractivity contribution in [3.8, 4) is 0 Å². The molecule has 31 heavy (non-hydrogen) atoms. The normalized spacial score (nSPS) is 19.3. The molecule has 2 aromatic heterocycles. The Balaban J connectivity index is 1.81. The van der Waals surface area contributed by atoms with Crippen LogP contribution in [0.5, 0.6) is 0 Å². The van der Waals surface area contributed by atoms with E-state index in [1.54, 1.807) is 29.3 Å². The van der Waals surface area contributed by atoms with Gasteiger partial charge >= 0.3 is 0 Å². The van der Waals surface area contributed by atoms with Crippen molar-refractivity contribution in [3.05, 3.63) is 45.2 Å². The van der Waals surface area contributed by atoms with Crippen LogP contribution < -0.4 is 16.2 Å². The first kappa shape index (κ1) is 21.5. The van der Waals surface area contributed by atoms with Crippen LogP contribution in [0.25, 0.3) is 11.7 Å². The number of carbonyl (C=O) groups is 2. The van der Waals surface area contributed by atoms with Gasteiger partial charge < -0.3 is 10.6 Å². The van der Waals surface area contributed by atoms with Crippen molar-refractivity contribution < 1.29 is 9.59 Å². The molecular weight excluding hydrogens is 434 g/mol. The maximum absolute atomic E-state index is 13.4. The fourth-order valence-corrected chi connectivity index (χ4v) is 5.40. The van der Waals surface area contributed by atoms with E-state index in [-0.39, 0.29) is 29.3 Å². The summed E-state index contributed by atoms with van der Waals surface area (Å²) < 4.78 is 1.94. The molecule has 4 rings (SSSR count). The Morgan fingerprint density at radius 1 is 1.29 bits per heavy atom. The van der Waals surface area contributed by atoms with Crippen molar-refractivity contribution >= 4 is 57.7 Å². The van der Waals surface area contributed by atoms with Crippen LogP contribution in [0.3, 0.4) is 0 Å². The van der Waals surface area contributed by atoms with Crippen molar-refractivity contribution in [1.29, 1.82) is 0 Å². The summed E-state index contributed by atoms with van der Waals surface area (Å²) in [6.07, 6.45) is 4.45. The molecule has 2 aliphatic rings. The number of fused-ring (bicyclic) bond motifs is 1. The van der Waals surface area contributed by atoms with Gasteiger partial charge in [-0.1, -0.05) is 30.0 Å². The lowest BCUT2D eigenvalue weighted by molar-refractivity contribution is -0.123. The number of aromatic nitrogens is 2. The Kier molecular flexibility index (Phi) is 5.85. The highest BCUT2D eigenvalue weighted by Gasteiger charge is 2.35. The SMILES string of the molecule is CC(C)N1C(=O)/C(=C\c2c(N3CCC(C(N)=O)CC3)nc3ccccn3c2=O)SC1=S. The average Bonchev–Trinajstić information content (AvgIpc) is 3.03. The molecule has 4 heterocycles. The van der Waals surface area contributed by atoms with Gasteiger partial charge in [0.25, 0.3) is 11.5 Å². The molecule has 2 N–H and O–H groups in total. The zero-order chi connectivity index (χ0) is 22.3. The first-order valence-electron chi connectivity index (χ1n) is 10.1. The summed E-state index contributed by atoms with van der Waals surface area (Å²) in [5, 5.41) is 0. The van der Waals surface area contributed by atoms with Crippen LogP contribution in [0.1, 0.15) is 32.3 Å². The quantitative estimate of drug-likeness (QED) is 0.554.